The van der Waals surface area contributed by atoms with Crippen LogP contribution in [0.25, 0.3) is 0 Å². The van der Waals surface area contributed by atoms with Crippen LogP contribution in [0.2, 0.25) is 10.0 Å². The van der Waals surface area contributed by atoms with Crippen LogP contribution in [0.5, 0.6) is 0 Å². The Hall–Kier alpha value is -3.18. The molecule has 0 aliphatic heterocycles. The average Bonchev–Trinajstić information content (AvgIpc) is 2.57. The van der Waals surface area contributed by atoms with Gasteiger partial charge in [0.25, 0.3) is 11.8 Å². The Morgan fingerprint density at radius 1 is 1.27 bits per heavy atom. The number of carbonyl (C=O) groups is 2. The minimum atomic E-state index is -0.797. The van der Waals surface area contributed by atoms with E-state index in [1.807, 2.05) is 0 Å². The zero-order valence-electron chi connectivity index (χ0n) is 12.8. The normalized spacial score (nSPS) is 10.1. The Morgan fingerprint density at radius 2 is 2.00 bits per heavy atom. The number of nitrogens with two attached hydrogens (primary N) is 1. The first kappa shape index (κ1) is 19.1. The van der Waals surface area contributed by atoms with Crippen molar-refractivity contribution in [1.82, 2.24) is 20.7 Å². The van der Waals surface area contributed by atoms with Crippen molar-refractivity contribution >= 4 is 52.3 Å². The molecule has 0 aliphatic carbocycles. The monoisotopic (exact) mass is 399 g/mol. The van der Waals surface area contributed by atoms with Gasteiger partial charge in [-0.1, -0.05) is 23.2 Å². The Kier molecular flexibility index (Phi) is 6.09. The van der Waals surface area contributed by atoms with Crippen LogP contribution in [0, 0.1) is 10.1 Å². The van der Waals surface area contributed by atoms with E-state index >= 15 is 0 Å². The molecule has 0 saturated carbocycles. The molecule has 0 saturated heterocycles. The SMILES string of the molecule is Nc1ncnc(NNC(=O)CNC(=O)c2ccc(Cl)cc2Cl)c1[N+](=O)[O-]. The molecular formula is C13H11Cl2N7O4. The number of hydrogen-bond donors (Lipinski definition) is 4. The zero-order chi connectivity index (χ0) is 19.3. The Balaban J connectivity index is 1.93. The summed E-state index contributed by atoms with van der Waals surface area (Å²) in [5.74, 6) is -1.97. The van der Waals surface area contributed by atoms with Crippen LogP contribution >= 0.6 is 23.2 Å². The van der Waals surface area contributed by atoms with Gasteiger partial charge >= 0.3 is 5.69 Å². The van der Waals surface area contributed by atoms with E-state index in [1.54, 1.807) is 0 Å². The minimum absolute atomic E-state index is 0.126. The summed E-state index contributed by atoms with van der Waals surface area (Å²) in [6.07, 6.45) is 0.987. The van der Waals surface area contributed by atoms with Crippen molar-refractivity contribution in [3.63, 3.8) is 0 Å². The van der Waals surface area contributed by atoms with Crippen molar-refractivity contribution in [3.05, 3.63) is 50.2 Å². The van der Waals surface area contributed by atoms with Gasteiger partial charge < -0.3 is 11.1 Å². The quantitative estimate of drug-likeness (QED) is 0.414. The van der Waals surface area contributed by atoms with Crippen molar-refractivity contribution in [3.8, 4) is 0 Å². The number of hydrazine groups is 1. The molecule has 2 rings (SSSR count). The molecule has 136 valence electrons. The Labute approximate surface area is 156 Å². The van der Waals surface area contributed by atoms with Crippen molar-refractivity contribution < 1.29 is 14.5 Å². The third kappa shape index (κ3) is 4.68. The van der Waals surface area contributed by atoms with Crippen LogP contribution in [-0.4, -0.2) is 33.3 Å². The second kappa shape index (κ2) is 8.27. The molecule has 1 heterocycles. The number of benzene rings is 1. The van der Waals surface area contributed by atoms with Crippen LogP contribution in [-0.2, 0) is 4.79 Å². The highest BCUT2D eigenvalue weighted by molar-refractivity contribution is 6.36. The maximum atomic E-state index is 12.0. The fraction of sp³-hybridized carbons (Fsp3) is 0.0769. The first-order valence-electron chi connectivity index (χ1n) is 6.82. The number of nitro groups is 1. The van der Waals surface area contributed by atoms with Gasteiger partial charge in [0, 0.05) is 5.02 Å². The molecular weight excluding hydrogens is 389 g/mol. The summed E-state index contributed by atoms with van der Waals surface area (Å²) < 4.78 is 0. The van der Waals surface area contributed by atoms with Gasteiger partial charge in [0.2, 0.25) is 11.6 Å². The second-order valence-corrected chi connectivity index (χ2v) is 5.54. The van der Waals surface area contributed by atoms with Gasteiger partial charge in [-0.05, 0) is 18.2 Å². The van der Waals surface area contributed by atoms with E-state index in [1.165, 1.54) is 18.2 Å². The van der Waals surface area contributed by atoms with Crippen LogP contribution in [0.1, 0.15) is 10.4 Å². The highest BCUT2D eigenvalue weighted by atomic mass is 35.5. The standard InChI is InChI=1S/C13H11Cl2N7O4/c14-6-1-2-7(8(15)3-6)13(24)17-4-9(23)20-21-12-10(22(25)26)11(16)18-5-19-12/h1-3,5H,4H2,(H,17,24)(H,20,23)(H3,16,18,19,21). The van der Waals surface area contributed by atoms with Gasteiger partial charge in [0.1, 0.15) is 6.33 Å². The number of carbonyl (C=O) groups excluding carboxylic acids is 2. The maximum absolute atomic E-state index is 12.0. The molecule has 11 nitrogen and oxygen atoms in total. The van der Waals surface area contributed by atoms with Gasteiger partial charge in [-0.15, -0.1) is 0 Å². The number of nitrogens with one attached hydrogen (secondary N) is 3. The van der Waals surface area contributed by atoms with Gasteiger partial charge in [0.15, 0.2) is 0 Å². The van der Waals surface area contributed by atoms with Gasteiger partial charge in [0.05, 0.1) is 22.1 Å². The fourth-order valence-electron chi connectivity index (χ4n) is 1.77. The zero-order valence-corrected chi connectivity index (χ0v) is 14.3. The van der Waals surface area contributed by atoms with E-state index in [0.29, 0.717) is 5.02 Å². The van der Waals surface area contributed by atoms with Crippen LogP contribution in [0.4, 0.5) is 17.3 Å². The third-order valence-electron chi connectivity index (χ3n) is 2.94. The van der Waals surface area contributed by atoms with E-state index in [-0.39, 0.29) is 22.2 Å². The molecule has 0 atom stereocenters. The van der Waals surface area contributed by atoms with Gasteiger partial charge in [-0.2, -0.15) is 0 Å². The number of halogens is 2. The van der Waals surface area contributed by atoms with Crippen molar-refractivity contribution in [1.29, 1.82) is 0 Å². The predicted molar refractivity (Wildman–Crippen MR) is 93.7 cm³/mol. The summed E-state index contributed by atoms with van der Waals surface area (Å²) in [5, 5.41) is 13.7. The topological polar surface area (TPSA) is 165 Å². The summed E-state index contributed by atoms with van der Waals surface area (Å²) in [4.78, 5) is 41.0. The Morgan fingerprint density at radius 3 is 2.65 bits per heavy atom. The average molecular weight is 400 g/mol. The molecule has 0 spiro atoms. The van der Waals surface area contributed by atoms with Crippen molar-refractivity contribution in [2.24, 2.45) is 0 Å². The molecule has 13 heteroatoms. The molecule has 0 bridgehead atoms. The van der Waals surface area contributed by atoms with E-state index in [9.17, 15) is 19.7 Å². The number of aromatic nitrogens is 2. The molecule has 0 fully saturated rings. The highest BCUT2D eigenvalue weighted by Crippen LogP contribution is 2.25. The molecule has 0 unspecified atom stereocenters. The largest absolute Gasteiger partial charge is 0.378 e. The first-order chi connectivity index (χ1) is 12.3. The lowest BCUT2D eigenvalue weighted by atomic mass is 10.2. The van der Waals surface area contributed by atoms with Crippen LogP contribution < -0.4 is 21.9 Å². The lowest BCUT2D eigenvalue weighted by Crippen LogP contribution is -2.39. The summed E-state index contributed by atoms with van der Waals surface area (Å²) in [5.41, 5.74) is 9.33. The van der Waals surface area contributed by atoms with E-state index < -0.39 is 29.0 Å². The number of nitrogens with zero attached hydrogens (tertiary/aromatic N) is 3. The molecule has 1 aromatic heterocycles. The lowest BCUT2D eigenvalue weighted by Gasteiger charge is -2.10. The minimum Gasteiger partial charge on any atom is -0.378 e. The number of anilines is 2. The molecule has 26 heavy (non-hydrogen) atoms. The maximum Gasteiger partial charge on any atom is 0.354 e. The summed E-state index contributed by atoms with van der Waals surface area (Å²) >= 11 is 11.6. The first-order valence-corrected chi connectivity index (χ1v) is 7.58. The summed E-state index contributed by atoms with van der Waals surface area (Å²) in [6.45, 7) is -0.431. The number of nitrogen functional groups attached to an aromatic ring is 1. The fourth-order valence-corrected chi connectivity index (χ4v) is 2.26. The second-order valence-electron chi connectivity index (χ2n) is 4.69. The molecule has 1 aromatic carbocycles. The smallest absolute Gasteiger partial charge is 0.354 e. The van der Waals surface area contributed by atoms with Crippen LogP contribution in [0.15, 0.2) is 24.5 Å². The summed E-state index contributed by atoms with van der Waals surface area (Å²) in [7, 11) is 0. The lowest BCUT2D eigenvalue weighted by molar-refractivity contribution is -0.383. The summed E-state index contributed by atoms with van der Waals surface area (Å²) in [6, 6.07) is 4.27. The number of hydrogen-bond acceptors (Lipinski definition) is 8. The number of amides is 2. The highest BCUT2D eigenvalue weighted by Gasteiger charge is 2.21. The molecule has 2 aromatic rings. The van der Waals surface area contributed by atoms with E-state index in [2.05, 4.69) is 26.1 Å². The van der Waals surface area contributed by atoms with E-state index in [0.717, 1.165) is 6.33 Å². The van der Waals surface area contributed by atoms with Crippen molar-refractivity contribution in [2.45, 2.75) is 0 Å². The Bertz CT molecular complexity index is 878. The van der Waals surface area contributed by atoms with Crippen LogP contribution in [0.3, 0.4) is 0 Å². The molecule has 5 N–H and O–H groups in total. The van der Waals surface area contributed by atoms with Gasteiger partial charge in [-0.25, -0.2) is 9.97 Å². The van der Waals surface area contributed by atoms with Gasteiger partial charge in [-0.3, -0.25) is 30.6 Å². The van der Waals surface area contributed by atoms with E-state index in [4.69, 9.17) is 28.9 Å². The molecule has 2 amide bonds. The van der Waals surface area contributed by atoms with Crippen molar-refractivity contribution in [2.75, 3.05) is 17.7 Å². The molecule has 0 aliphatic rings. The predicted octanol–water partition coefficient (Wildman–Crippen LogP) is 1.15. The molecule has 0 radical (unpaired) electrons. The third-order valence-corrected chi connectivity index (χ3v) is 3.49. The number of rotatable bonds is 6.